The molecule has 3 aromatic carbocycles. The number of fused-ring (bicyclic) bond motifs is 3. The van der Waals surface area contributed by atoms with Crippen LogP contribution < -0.4 is 26.2 Å². The number of hydrogen-bond donors (Lipinski definition) is 2. The van der Waals surface area contributed by atoms with E-state index in [2.05, 4.69) is 10.3 Å². The van der Waals surface area contributed by atoms with E-state index < -0.39 is 36.0 Å². The first-order valence-corrected chi connectivity index (χ1v) is 18.0. The van der Waals surface area contributed by atoms with Crippen LogP contribution in [0.2, 0.25) is 0 Å². The second-order valence-corrected chi connectivity index (χ2v) is 14.7. The molecule has 3 aromatic heterocycles. The first-order valence-electron chi connectivity index (χ1n) is 18.0. The minimum atomic E-state index is -3.23. The molecule has 1 unspecified atom stereocenters. The lowest BCUT2D eigenvalue weighted by Gasteiger charge is -2.35. The number of aromatic nitrogens is 4. The molecule has 0 bridgehead atoms. The summed E-state index contributed by atoms with van der Waals surface area (Å²) in [6.45, 7) is -0.536. The van der Waals surface area contributed by atoms with E-state index in [0.29, 0.717) is 66.8 Å². The molecule has 288 valence electrons. The summed E-state index contributed by atoms with van der Waals surface area (Å²) in [7, 11) is 8.36. The van der Waals surface area contributed by atoms with Crippen molar-refractivity contribution >= 4 is 39.4 Å². The van der Waals surface area contributed by atoms with Crippen LogP contribution >= 0.6 is 0 Å². The predicted molar refractivity (Wildman–Crippen MR) is 207 cm³/mol. The number of rotatable bonds is 7. The van der Waals surface area contributed by atoms with E-state index in [1.54, 1.807) is 73.7 Å². The Morgan fingerprint density at radius 2 is 1.79 bits per heavy atom. The summed E-state index contributed by atoms with van der Waals surface area (Å²) in [5.74, 6) is -3.39. The molecule has 0 aliphatic carbocycles. The summed E-state index contributed by atoms with van der Waals surface area (Å²) in [4.78, 5) is 58.9. The molecule has 1 saturated heterocycles. The first-order chi connectivity index (χ1) is 26.7. The summed E-state index contributed by atoms with van der Waals surface area (Å²) >= 11 is 0. The van der Waals surface area contributed by atoms with Gasteiger partial charge in [-0.2, -0.15) is 8.78 Å². The molecular formula is C41H39F2N7O6. The van der Waals surface area contributed by atoms with E-state index >= 15 is 8.78 Å². The number of pyridine rings is 2. The average molecular weight is 764 g/mol. The molecule has 0 radical (unpaired) electrons. The fraction of sp³-hybridized carbons (Fsp3) is 0.293. The minimum Gasteiger partial charge on any atom is -0.507 e. The maximum atomic E-state index is 15.9. The Balaban J connectivity index is 1.15. The zero-order valence-electron chi connectivity index (χ0n) is 31.4. The second kappa shape index (κ2) is 13.4. The van der Waals surface area contributed by atoms with Gasteiger partial charge in [0.05, 0.1) is 30.1 Å². The molecule has 15 heteroatoms. The Morgan fingerprint density at radius 3 is 2.52 bits per heavy atom. The van der Waals surface area contributed by atoms with Gasteiger partial charge in [0.15, 0.2) is 0 Å². The van der Waals surface area contributed by atoms with Crippen molar-refractivity contribution < 1.29 is 28.2 Å². The summed E-state index contributed by atoms with van der Waals surface area (Å²) in [6.07, 6.45) is 3.49. The SMILES string of the molecule is COc1cc(-c2cn(C)c(=O)c3cnc(N(C)C)cc23)cc(O)c1CN1Cc2cc(-c3cccc4c3n(C)c(=O)n4C3CCC(=O)NC3=O)ccc2C(F)(F)C1. The lowest BCUT2D eigenvalue weighted by Crippen LogP contribution is -2.44. The van der Waals surface area contributed by atoms with Gasteiger partial charge in [0.25, 0.3) is 11.5 Å². The van der Waals surface area contributed by atoms with Crippen molar-refractivity contribution in [2.75, 3.05) is 32.6 Å². The quantitative estimate of drug-likeness (QED) is 0.220. The van der Waals surface area contributed by atoms with Gasteiger partial charge in [0, 0.05) is 87.7 Å². The summed E-state index contributed by atoms with van der Waals surface area (Å²) in [5, 5.41) is 14.8. The van der Waals surface area contributed by atoms with Gasteiger partial charge in [0.2, 0.25) is 11.8 Å². The lowest BCUT2D eigenvalue weighted by molar-refractivity contribution is -0.135. The molecule has 2 amide bonds. The number of carbonyl (C=O) groups excluding carboxylic acids is 2. The van der Waals surface area contributed by atoms with Crippen molar-refractivity contribution in [1.82, 2.24) is 28.9 Å². The number of halogens is 2. The van der Waals surface area contributed by atoms with Gasteiger partial charge in [-0.15, -0.1) is 0 Å². The Kier molecular flexibility index (Phi) is 8.79. The molecule has 8 rings (SSSR count). The topological polar surface area (TPSA) is 144 Å². The molecule has 13 nitrogen and oxygen atoms in total. The lowest BCUT2D eigenvalue weighted by atomic mass is 9.91. The van der Waals surface area contributed by atoms with Gasteiger partial charge in [-0.25, -0.2) is 9.78 Å². The molecule has 0 spiro atoms. The van der Waals surface area contributed by atoms with Crippen molar-refractivity contribution in [3.8, 4) is 33.8 Å². The smallest absolute Gasteiger partial charge is 0.329 e. The highest BCUT2D eigenvalue weighted by atomic mass is 19.3. The van der Waals surface area contributed by atoms with E-state index in [1.165, 1.54) is 33.1 Å². The number of anilines is 1. The number of piperidine rings is 1. The normalized spacial score (nSPS) is 16.9. The van der Waals surface area contributed by atoms with E-state index in [4.69, 9.17) is 4.74 Å². The fourth-order valence-corrected chi connectivity index (χ4v) is 8.10. The number of nitrogens with one attached hydrogen (secondary N) is 1. The van der Waals surface area contributed by atoms with Crippen LogP contribution in [0.15, 0.2) is 76.6 Å². The number of carbonyl (C=O) groups is 2. The number of para-hydroxylation sites is 1. The Morgan fingerprint density at radius 1 is 1.00 bits per heavy atom. The molecule has 5 heterocycles. The monoisotopic (exact) mass is 763 g/mol. The highest BCUT2D eigenvalue weighted by molar-refractivity contribution is 6.01. The summed E-state index contributed by atoms with van der Waals surface area (Å²) in [6, 6.07) is 14.2. The van der Waals surface area contributed by atoms with Gasteiger partial charge in [-0.3, -0.25) is 33.7 Å². The van der Waals surface area contributed by atoms with Gasteiger partial charge in [0.1, 0.15) is 23.4 Å². The third-order valence-electron chi connectivity index (χ3n) is 10.9. The van der Waals surface area contributed by atoms with Crippen LogP contribution in [-0.4, -0.2) is 68.3 Å². The fourth-order valence-electron chi connectivity index (χ4n) is 8.10. The zero-order valence-corrected chi connectivity index (χ0v) is 31.4. The van der Waals surface area contributed by atoms with Crippen molar-refractivity contribution in [3.05, 3.63) is 105 Å². The number of aryl methyl sites for hydroxylation is 2. The molecule has 1 fully saturated rings. The number of benzene rings is 3. The number of imide groups is 1. The number of amides is 2. The highest BCUT2D eigenvalue weighted by Gasteiger charge is 2.41. The summed E-state index contributed by atoms with van der Waals surface area (Å²) in [5.41, 5.74) is 3.38. The molecule has 56 heavy (non-hydrogen) atoms. The maximum Gasteiger partial charge on any atom is 0.329 e. The zero-order chi connectivity index (χ0) is 39.8. The van der Waals surface area contributed by atoms with Crippen molar-refractivity contribution in [3.63, 3.8) is 0 Å². The van der Waals surface area contributed by atoms with E-state index in [1.807, 2.05) is 19.0 Å². The van der Waals surface area contributed by atoms with Gasteiger partial charge in [-0.1, -0.05) is 24.3 Å². The van der Waals surface area contributed by atoms with Crippen LogP contribution in [0.3, 0.4) is 0 Å². The van der Waals surface area contributed by atoms with E-state index in [-0.39, 0.29) is 42.8 Å². The van der Waals surface area contributed by atoms with Crippen LogP contribution in [0.5, 0.6) is 11.5 Å². The Hall–Kier alpha value is -6.35. The molecule has 2 N–H and O–H groups in total. The maximum absolute atomic E-state index is 15.9. The third kappa shape index (κ3) is 5.98. The highest BCUT2D eigenvalue weighted by Crippen LogP contribution is 2.43. The van der Waals surface area contributed by atoms with E-state index in [0.717, 1.165) is 0 Å². The molecule has 0 saturated carbocycles. The molecular weight excluding hydrogens is 724 g/mol. The summed E-state index contributed by atoms with van der Waals surface area (Å²) < 4.78 is 41.9. The molecule has 6 aromatic rings. The number of methoxy groups -OCH3 is 1. The third-order valence-corrected chi connectivity index (χ3v) is 10.9. The van der Waals surface area contributed by atoms with Gasteiger partial charge in [-0.05, 0) is 53.4 Å². The van der Waals surface area contributed by atoms with Crippen LogP contribution in [-0.2, 0) is 42.7 Å². The number of phenols is 1. The molecule has 2 aliphatic rings. The van der Waals surface area contributed by atoms with Crippen LogP contribution in [0.25, 0.3) is 44.1 Å². The van der Waals surface area contributed by atoms with Crippen molar-refractivity contribution in [2.45, 2.75) is 37.9 Å². The number of alkyl halides is 2. The molecule has 1 atom stereocenters. The number of phenolic OH excluding ortho intramolecular Hbond substituents is 1. The number of ether oxygens (including phenoxy) is 1. The largest absolute Gasteiger partial charge is 0.507 e. The van der Waals surface area contributed by atoms with Crippen molar-refractivity contribution in [2.24, 2.45) is 14.1 Å². The second-order valence-electron chi connectivity index (χ2n) is 14.7. The average Bonchev–Trinajstić information content (AvgIpc) is 3.41. The molecule has 2 aliphatic heterocycles. The van der Waals surface area contributed by atoms with Crippen LogP contribution in [0.1, 0.15) is 35.6 Å². The number of nitrogens with zero attached hydrogens (tertiary/aromatic N) is 6. The predicted octanol–water partition coefficient (Wildman–Crippen LogP) is 4.79. The number of aromatic hydroxyl groups is 1. The first kappa shape index (κ1) is 36.6. The van der Waals surface area contributed by atoms with E-state index in [9.17, 15) is 24.3 Å². The number of imidazole rings is 1. The Labute approximate surface area is 319 Å². The standard InChI is InChI=1S/C41H39F2N7O6/c1-46(2)35-16-26-27(17-44-35)39(54)47(3)19-28(26)23-14-33(51)29(34(15-23)56-5)20-49-18-24-13-22(9-10-30(24)41(42,43)21-49)25-7-6-8-31-37(25)48(4)40(55)50(31)32-11-12-36(52)45-38(32)53/h6-10,13-17,19,32,51H,11-12,18,20-21H2,1-5H3,(H,45,52,53). The van der Waals surface area contributed by atoms with Crippen LogP contribution in [0, 0.1) is 0 Å². The van der Waals surface area contributed by atoms with Gasteiger partial charge >= 0.3 is 5.69 Å². The van der Waals surface area contributed by atoms with Crippen LogP contribution in [0.4, 0.5) is 14.6 Å². The minimum absolute atomic E-state index is 0.0594. The van der Waals surface area contributed by atoms with Gasteiger partial charge < -0.3 is 19.3 Å². The van der Waals surface area contributed by atoms with Crippen molar-refractivity contribution in [1.29, 1.82) is 0 Å². The number of hydrogen-bond acceptors (Lipinski definition) is 9. The Bertz CT molecular complexity index is 2750.